The van der Waals surface area contributed by atoms with Crippen molar-refractivity contribution in [1.82, 2.24) is 0 Å². The Balaban J connectivity index is 1.35. The number of benzene rings is 3. The quantitative estimate of drug-likeness (QED) is 0.274. The number of thiophene rings is 1. The van der Waals surface area contributed by atoms with Crippen molar-refractivity contribution in [3.05, 3.63) is 95.2 Å². The van der Waals surface area contributed by atoms with Gasteiger partial charge in [0.05, 0.1) is 21.5 Å². The Morgan fingerprint density at radius 3 is 2.12 bits per heavy atom. The molecule has 2 heterocycles. The largest absolute Gasteiger partial charge is 0.321 e. The number of carbonyl (C=O) groups excluding carboxylic acids is 2. The van der Waals surface area contributed by atoms with Gasteiger partial charge in [0, 0.05) is 20.4 Å². The molecule has 0 saturated carbocycles. The van der Waals surface area contributed by atoms with Gasteiger partial charge in [-0.3, -0.25) is 14.5 Å². The van der Waals surface area contributed by atoms with Crippen LogP contribution in [0.25, 0.3) is 0 Å². The van der Waals surface area contributed by atoms with E-state index in [-0.39, 0.29) is 17.1 Å². The summed E-state index contributed by atoms with van der Waals surface area (Å²) < 4.78 is 0. The fraction of sp³-hybridized carbons (Fsp3) is 0.111. The molecule has 1 aliphatic heterocycles. The predicted molar refractivity (Wildman–Crippen MR) is 143 cm³/mol. The van der Waals surface area contributed by atoms with E-state index in [0.717, 1.165) is 31.7 Å². The molecule has 1 N–H and O–H groups in total. The molecule has 34 heavy (non-hydrogen) atoms. The number of hydrogen-bond acceptors (Lipinski definition) is 5. The summed E-state index contributed by atoms with van der Waals surface area (Å²) in [5.41, 5.74) is 2.60. The topological polar surface area (TPSA) is 49.4 Å². The van der Waals surface area contributed by atoms with Crippen LogP contribution < -0.4 is 10.2 Å². The summed E-state index contributed by atoms with van der Waals surface area (Å²) in [5.74, 6) is -0.0416. The lowest BCUT2D eigenvalue weighted by Gasteiger charge is -2.33. The van der Waals surface area contributed by atoms with E-state index in [9.17, 15) is 9.59 Å². The molecular weight excluding hydrogens is 481 g/mol. The highest BCUT2D eigenvalue weighted by Gasteiger charge is 2.32. The summed E-state index contributed by atoms with van der Waals surface area (Å²) >= 11 is 4.67. The van der Waals surface area contributed by atoms with Crippen LogP contribution in [-0.4, -0.2) is 17.1 Å². The van der Waals surface area contributed by atoms with Crippen molar-refractivity contribution in [2.75, 3.05) is 10.2 Å². The van der Waals surface area contributed by atoms with Gasteiger partial charge in [0.15, 0.2) is 0 Å². The Labute approximate surface area is 211 Å². The molecule has 0 aliphatic carbocycles. The molecule has 5 rings (SSSR count). The minimum absolute atomic E-state index is 0.0720. The fourth-order valence-corrected chi connectivity index (χ4v) is 6.45. The molecule has 0 spiro atoms. The molecule has 1 atom stereocenters. The van der Waals surface area contributed by atoms with Crippen molar-refractivity contribution >= 4 is 63.7 Å². The average Bonchev–Trinajstić information content (AvgIpc) is 3.42. The van der Waals surface area contributed by atoms with Crippen LogP contribution in [0.5, 0.6) is 0 Å². The van der Waals surface area contributed by atoms with Crippen LogP contribution in [0.15, 0.2) is 105 Å². The zero-order valence-corrected chi connectivity index (χ0v) is 20.9. The molecule has 7 heteroatoms. The number of hydrogen-bond donors (Lipinski definition) is 1. The number of para-hydroxylation sites is 2. The molecule has 4 nitrogen and oxygen atoms in total. The van der Waals surface area contributed by atoms with Gasteiger partial charge in [0.2, 0.25) is 5.91 Å². The number of thioether (sulfide) groups is 1. The highest BCUT2D eigenvalue weighted by molar-refractivity contribution is 8.00. The van der Waals surface area contributed by atoms with Gasteiger partial charge in [-0.15, -0.1) is 23.1 Å². The summed E-state index contributed by atoms with van der Waals surface area (Å²) in [6.45, 7) is 2.04. The zero-order chi connectivity index (χ0) is 23.5. The zero-order valence-electron chi connectivity index (χ0n) is 18.4. The first-order chi connectivity index (χ1) is 16.6. The van der Waals surface area contributed by atoms with Crippen molar-refractivity contribution in [3.63, 3.8) is 0 Å². The number of carbonyl (C=O) groups is 2. The van der Waals surface area contributed by atoms with Gasteiger partial charge in [-0.1, -0.05) is 49.0 Å². The third-order valence-corrected chi connectivity index (χ3v) is 8.80. The summed E-state index contributed by atoms with van der Waals surface area (Å²) in [6, 6.07) is 27.5. The highest BCUT2D eigenvalue weighted by atomic mass is 32.2. The number of nitrogens with zero attached hydrogens (tertiary/aromatic N) is 1. The lowest BCUT2D eigenvalue weighted by molar-refractivity contribution is -0.117. The van der Waals surface area contributed by atoms with Crippen molar-refractivity contribution in [1.29, 1.82) is 0 Å². The second-order valence-electron chi connectivity index (χ2n) is 7.68. The first-order valence-corrected chi connectivity index (χ1v) is 13.5. The normalized spacial score (nSPS) is 13.0. The third kappa shape index (κ3) is 4.64. The lowest BCUT2D eigenvalue weighted by Crippen LogP contribution is -2.35. The number of amides is 2. The van der Waals surface area contributed by atoms with Crippen LogP contribution in [-0.2, 0) is 4.79 Å². The summed E-state index contributed by atoms with van der Waals surface area (Å²) in [5, 5.41) is 4.56. The van der Waals surface area contributed by atoms with Crippen molar-refractivity contribution in [3.8, 4) is 0 Å². The maximum Gasteiger partial charge on any atom is 0.265 e. The maximum atomic E-state index is 13.8. The third-order valence-electron chi connectivity index (χ3n) is 5.43. The van der Waals surface area contributed by atoms with E-state index >= 15 is 0 Å². The van der Waals surface area contributed by atoms with Gasteiger partial charge in [0.1, 0.15) is 0 Å². The predicted octanol–water partition coefficient (Wildman–Crippen LogP) is 7.70. The van der Waals surface area contributed by atoms with Crippen molar-refractivity contribution in [2.45, 2.75) is 33.3 Å². The number of rotatable bonds is 6. The maximum absolute atomic E-state index is 13.8. The lowest BCUT2D eigenvalue weighted by atomic mass is 10.2. The average molecular weight is 503 g/mol. The molecule has 1 unspecified atom stereocenters. The molecule has 0 fully saturated rings. The Kier molecular flexibility index (Phi) is 6.76. The van der Waals surface area contributed by atoms with Gasteiger partial charge >= 0.3 is 0 Å². The van der Waals surface area contributed by atoms with Gasteiger partial charge in [0.25, 0.3) is 5.91 Å². The van der Waals surface area contributed by atoms with Crippen LogP contribution in [0, 0.1) is 0 Å². The van der Waals surface area contributed by atoms with Crippen LogP contribution in [0.2, 0.25) is 0 Å². The van der Waals surface area contributed by atoms with Crippen LogP contribution in [0.1, 0.15) is 23.0 Å². The summed E-state index contributed by atoms with van der Waals surface area (Å²) in [4.78, 5) is 31.8. The minimum Gasteiger partial charge on any atom is -0.321 e. The minimum atomic E-state index is -0.240. The molecular formula is C27H22N2O2S3. The summed E-state index contributed by atoms with van der Waals surface area (Å²) in [6.07, 6.45) is 0.703. The van der Waals surface area contributed by atoms with E-state index in [0.29, 0.717) is 11.3 Å². The second kappa shape index (κ2) is 10.1. The Bertz CT molecular complexity index is 1270. The second-order valence-corrected chi connectivity index (χ2v) is 11.0. The molecule has 0 saturated heterocycles. The van der Waals surface area contributed by atoms with E-state index in [2.05, 4.69) is 17.4 Å². The molecule has 1 aliphatic rings. The molecule has 0 radical (unpaired) electrons. The Morgan fingerprint density at radius 1 is 0.882 bits per heavy atom. The molecule has 0 bridgehead atoms. The number of anilines is 3. The van der Waals surface area contributed by atoms with Crippen molar-refractivity contribution < 1.29 is 9.59 Å². The molecule has 1 aromatic heterocycles. The van der Waals surface area contributed by atoms with E-state index in [1.165, 1.54) is 11.3 Å². The van der Waals surface area contributed by atoms with Gasteiger partial charge in [-0.2, -0.15) is 0 Å². The van der Waals surface area contributed by atoms with E-state index in [1.54, 1.807) is 29.6 Å². The molecule has 4 aromatic rings. The Morgan fingerprint density at radius 2 is 1.53 bits per heavy atom. The molecule has 170 valence electrons. The van der Waals surface area contributed by atoms with Crippen LogP contribution in [0.3, 0.4) is 0 Å². The van der Waals surface area contributed by atoms with Gasteiger partial charge in [-0.25, -0.2) is 0 Å². The highest BCUT2D eigenvalue weighted by Crippen LogP contribution is 2.48. The van der Waals surface area contributed by atoms with Crippen molar-refractivity contribution in [2.24, 2.45) is 0 Å². The summed E-state index contributed by atoms with van der Waals surface area (Å²) in [7, 11) is 0. The smallest absolute Gasteiger partial charge is 0.265 e. The number of fused-ring (bicyclic) bond motifs is 2. The van der Waals surface area contributed by atoms with Gasteiger partial charge in [-0.05, 0) is 66.4 Å². The molecule has 3 aromatic carbocycles. The van der Waals surface area contributed by atoms with Gasteiger partial charge < -0.3 is 5.32 Å². The SMILES string of the molecule is CCC(Sc1ccc(NC(=O)c2cccs2)cc1)C(=O)N1c2ccccc2Sc2ccccc21. The molecule has 2 amide bonds. The van der Waals surface area contributed by atoms with Crippen LogP contribution >= 0.6 is 34.9 Å². The Hall–Kier alpha value is -3.00. The van der Waals surface area contributed by atoms with E-state index in [1.807, 2.05) is 83.9 Å². The number of nitrogens with one attached hydrogen (secondary N) is 1. The first-order valence-electron chi connectivity index (χ1n) is 11.0. The fourth-order valence-electron chi connectivity index (χ4n) is 3.78. The van der Waals surface area contributed by atoms with Crippen LogP contribution in [0.4, 0.5) is 17.1 Å². The van der Waals surface area contributed by atoms with E-state index in [4.69, 9.17) is 0 Å². The monoisotopic (exact) mass is 502 g/mol. The first kappa shape index (κ1) is 22.8. The van der Waals surface area contributed by atoms with E-state index < -0.39 is 0 Å². The standard InChI is InChI=1S/C27H22N2O2S3/c1-2-22(33-19-15-13-18(14-16-19)28-26(30)25-12-7-17-32-25)27(31)29-20-8-3-5-10-23(20)34-24-11-6-4-9-21(24)29/h3-17,22H,2H2,1H3,(H,28,30).